The van der Waals surface area contributed by atoms with Gasteiger partial charge in [-0.25, -0.2) is 0 Å². The highest BCUT2D eigenvalue weighted by molar-refractivity contribution is 5.18. The van der Waals surface area contributed by atoms with E-state index >= 15 is 0 Å². The van der Waals surface area contributed by atoms with Gasteiger partial charge in [0.1, 0.15) is 0 Å². The van der Waals surface area contributed by atoms with Crippen molar-refractivity contribution >= 4 is 0 Å². The van der Waals surface area contributed by atoms with Crippen LogP contribution in [0.3, 0.4) is 0 Å². The van der Waals surface area contributed by atoms with Gasteiger partial charge in [-0.1, -0.05) is 44.2 Å². The number of aliphatic hydroxyl groups is 2. The molecule has 0 amide bonds. The summed E-state index contributed by atoms with van der Waals surface area (Å²) < 4.78 is 0. The van der Waals surface area contributed by atoms with E-state index in [0.29, 0.717) is 6.54 Å². The molecule has 3 N–H and O–H groups in total. The third kappa shape index (κ3) is 4.11. The number of hydrogen-bond donors (Lipinski definition) is 3. The molecule has 1 rings (SSSR count). The Kier molecular flexibility index (Phi) is 5.62. The molecular formula is C14H23NO2. The highest BCUT2D eigenvalue weighted by Crippen LogP contribution is 2.20. The van der Waals surface area contributed by atoms with Crippen LogP contribution in [0.25, 0.3) is 0 Å². The summed E-state index contributed by atoms with van der Waals surface area (Å²) in [5.74, 6) is 0. The van der Waals surface area contributed by atoms with Crippen molar-refractivity contribution in [1.82, 2.24) is 5.32 Å². The van der Waals surface area contributed by atoms with Gasteiger partial charge in [-0.05, 0) is 12.0 Å². The number of rotatable bonds is 7. The Hall–Kier alpha value is -0.900. The minimum Gasteiger partial charge on any atom is -0.396 e. The first-order chi connectivity index (χ1) is 8.15. The summed E-state index contributed by atoms with van der Waals surface area (Å²) >= 11 is 0. The fraction of sp³-hybridized carbons (Fsp3) is 0.571. The van der Waals surface area contributed by atoms with E-state index in [4.69, 9.17) is 0 Å². The molecule has 17 heavy (non-hydrogen) atoms. The van der Waals surface area contributed by atoms with Gasteiger partial charge in [-0.3, -0.25) is 0 Å². The quantitative estimate of drug-likeness (QED) is 0.677. The molecule has 96 valence electrons. The monoisotopic (exact) mass is 237 g/mol. The van der Waals surface area contributed by atoms with Crippen molar-refractivity contribution in [3.05, 3.63) is 35.9 Å². The van der Waals surface area contributed by atoms with Crippen molar-refractivity contribution in [2.24, 2.45) is 5.41 Å². The lowest BCUT2D eigenvalue weighted by Crippen LogP contribution is -2.37. The van der Waals surface area contributed by atoms with E-state index in [1.807, 2.05) is 37.3 Å². The van der Waals surface area contributed by atoms with Gasteiger partial charge in [-0.2, -0.15) is 0 Å². The predicted molar refractivity (Wildman–Crippen MR) is 69.8 cm³/mol. The van der Waals surface area contributed by atoms with Crippen LogP contribution in [0.15, 0.2) is 30.3 Å². The third-order valence-corrected chi connectivity index (χ3v) is 3.40. The Morgan fingerprint density at radius 1 is 1.24 bits per heavy atom. The van der Waals surface area contributed by atoms with Crippen molar-refractivity contribution in [3.8, 4) is 0 Å². The molecule has 0 radical (unpaired) electrons. The largest absolute Gasteiger partial charge is 0.396 e. The van der Waals surface area contributed by atoms with Gasteiger partial charge < -0.3 is 15.5 Å². The minimum atomic E-state index is -0.123. The van der Waals surface area contributed by atoms with Crippen LogP contribution in [0.1, 0.15) is 31.9 Å². The first-order valence-corrected chi connectivity index (χ1v) is 6.15. The zero-order chi connectivity index (χ0) is 12.7. The highest BCUT2D eigenvalue weighted by atomic mass is 16.3. The minimum absolute atomic E-state index is 0.0615. The molecule has 0 fully saturated rings. The Morgan fingerprint density at radius 3 is 2.35 bits per heavy atom. The fourth-order valence-electron chi connectivity index (χ4n) is 1.64. The first kappa shape index (κ1) is 14.2. The highest BCUT2D eigenvalue weighted by Gasteiger charge is 2.22. The van der Waals surface area contributed by atoms with E-state index in [9.17, 15) is 10.2 Å². The molecule has 0 bridgehead atoms. The smallest absolute Gasteiger partial charge is 0.0626 e. The van der Waals surface area contributed by atoms with Crippen LogP contribution in [0.4, 0.5) is 0 Å². The zero-order valence-electron chi connectivity index (χ0n) is 10.7. The lowest BCUT2D eigenvalue weighted by molar-refractivity contribution is 0.125. The van der Waals surface area contributed by atoms with Crippen LogP contribution < -0.4 is 5.32 Å². The summed E-state index contributed by atoms with van der Waals surface area (Å²) in [7, 11) is 0. The van der Waals surface area contributed by atoms with E-state index in [-0.39, 0.29) is 24.7 Å². The van der Waals surface area contributed by atoms with E-state index in [2.05, 4.69) is 12.2 Å². The average molecular weight is 237 g/mol. The summed E-state index contributed by atoms with van der Waals surface area (Å²) in [5, 5.41) is 22.1. The van der Waals surface area contributed by atoms with E-state index in [0.717, 1.165) is 12.0 Å². The van der Waals surface area contributed by atoms with Crippen LogP contribution >= 0.6 is 0 Å². The van der Waals surface area contributed by atoms with Crippen molar-refractivity contribution in [1.29, 1.82) is 0 Å². The Bertz CT molecular complexity index is 309. The molecular weight excluding hydrogens is 214 g/mol. The number of benzene rings is 1. The second kappa shape index (κ2) is 6.74. The maximum Gasteiger partial charge on any atom is 0.0626 e. The Balaban J connectivity index is 2.60. The summed E-state index contributed by atoms with van der Waals surface area (Å²) in [4.78, 5) is 0. The van der Waals surface area contributed by atoms with Gasteiger partial charge in [0.05, 0.1) is 12.6 Å². The molecule has 0 aliphatic rings. The molecule has 2 atom stereocenters. The number of aliphatic hydroxyl groups excluding tert-OH is 2. The predicted octanol–water partition coefficient (Wildman–Crippen LogP) is 1.72. The van der Waals surface area contributed by atoms with Crippen LogP contribution in [0, 0.1) is 5.41 Å². The second-order valence-electron chi connectivity index (χ2n) is 4.85. The van der Waals surface area contributed by atoms with Crippen molar-refractivity contribution in [2.75, 3.05) is 19.8 Å². The van der Waals surface area contributed by atoms with E-state index < -0.39 is 0 Å². The van der Waals surface area contributed by atoms with Crippen LogP contribution in [0.2, 0.25) is 0 Å². The molecule has 1 aromatic carbocycles. The molecule has 0 saturated carbocycles. The average Bonchev–Trinajstić information content (AvgIpc) is 2.40. The SMILES string of the molecule is CCC(C)(CO)CN[C@@H](CO)c1ccccc1. The van der Waals surface area contributed by atoms with Gasteiger partial charge in [0, 0.05) is 18.6 Å². The lowest BCUT2D eigenvalue weighted by Gasteiger charge is -2.28. The summed E-state index contributed by atoms with van der Waals surface area (Å²) in [6.45, 7) is 5.02. The summed E-state index contributed by atoms with van der Waals surface area (Å²) in [6.07, 6.45) is 0.906. The molecule has 0 heterocycles. The van der Waals surface area contributed by atoms with Crippen LogP contribution in [-0.2, 0) is 0 Å². The summed E-state index contributed by atoms with van der Waals surface area (Å²) in [6, 6.07) is 9.82. The van der Waals surface area contributed by atoms with Crippen LogP contribution in [-0.4, -0.2) is 30.0 Å². The first-order valence-electron chi connectivity index (χ1n) is 6.15. The molecule has 0 aromatic heterocycles. The fourth-order valence-corrected chi connectivity index (χ4v) is 1.64. The number of hydrogen-bond acceptors (Lipinski definition) is 3. The molecule has 0 spiro atoms. The van der Waals surface area contributed by atoms with Gasteiger partial charge in [0.25, 0.3) is 0 Å². The lowest BCUT2D eigenvalue weighted by atomic mass is 9.88. The summed E-state index contributed by atoms with van der Waals surface area (Å²) in [5.41, 5.74) is 0.953. The number of nitrogens with one attached hydrogen (secondary N) is 1. The molecule has 1 unspecified atom stereocenters. The topological polar surface area (TPSA) is 52.5 Å². The third-order valence-electron chi connectivity index (χ3n) is 3.40. The van der Waals surface area contributed by atoms with Gasteiger partial charge in [0.2, 0.25) is 0 Å². The molecule has 3 nitrogen and oxygen atoms in total. The Labute approximate surface area is 103 Å². The maximum atomic E-state index is 9.40. The van der Waals surface area contributed by atoms with Crippen molar-refractivity contribution < 1.29 is 10.2 Å². The standard InChI is InChI=1S/C14H23NO2/c1-3-14(2,11-17)10-15-13(9-16)12-7-5-4-6-8-12/h4-8,13,15-17H,3,9-11H2,1-2H3/t13-,14?/m0/s1. The zero-order valence-corrected chi connectivity index (χ0v) is 10.7. The van der Waals surface area contributed by atoms with Crippen LogP contribution in [0.5, 0.6) is 0 Å². The van der Waals surface area contributed by atoms with E-state index in [1.165, 1.54) is 0 Å². The van der Waals surface area contributed by atoms with Crippen molar-refractivity contribution in [3.63, 3.8) is 0 Å². The molecule has 1 aromatic rings. The van der Waals surface area contributed by atoms with Gasteiger partial charge >= 0.3 is 0 Å². The molecule has 0 aliphatic carbocycles. The van der Waals surface area contributed by atoms with Gasteiger partial charge in [-0.15, -0.1) is 0 Å². The van der Waals surface area contributed by atoms with Crippen molar-refractivity contribution in [2.45, 2.75) is 26.3 Å². The Morgan fingerprint density at radius 2 is 1.88 bits per heavy atom. The molecule has 0 saturated heterocycles. The normalized spacial score (nSPS) is 16.5. The molecule has 3 heteroatoms. The van der Waals surface area contributed by atoms with Gasteiger partial charge in [0.15, 0.2) is 0 Å². The maximum absolute atomic E-state index is 9.40. The second-order valence-corrected chi connectivity index (χ2v) is 4.85. The molecule has 0 aliphatic heterocycles. The van der Waals surface area contributed by atoms with E-state index in [1.54, 1.807) is 0 Å².